The Kier molecular flexibility index (Phi) is 5.34. The number of nitrogens with one attached hydrogen (secondary N) is 1. The zero-order chi connectivity index (χ0) is 14.5. The molecule has 0 spiro atoms. The van der Waals surface area contributed by atoms with Crippen LogP contribution in [-0.4, -0.2) is 37.9 Å². The molecule has 110 valence electrons. The van der Waals surface area contributed by atoms with Crippen molar-refractivity contribution in [2.45, 2.75) is 25.5 Å². The predicted octanol–water partition coefficient (Wildman–Crippen LogP) is 2.40. The molecule has 1 aliphatic rings. The highest BCUT2D eigenvalue weighted by atomic mass is 35.5. The maximum Gasteiger partial charge on any atom is 0.253 e. The van der Waals surface area contributed by atoms with Gasteiger partial charge in [0.05, 0.1) is 23.2 Å². The van der Waals surface area contributed by atoms with E-state index in [1.807, 2.05) is 6.92 Å². The topological polar surface area (TPSA) is 47.6 Å². The number of benzene rings is 1. The average Bonchev–Trinajstić information content (AvgIpc) is 2.41. The molecule has 0 unspecified atom stereocenters. The third kappa shape index (κ3) is 3.69. The summed E-state index contributed by atoms with van der Waals surface area (Å²) in [6, 6.07) is 3.59. The monoisotopic (exact) mass is 301 g/mol. The van der Waals surface area contributed by atoms with Gasteiger partial charge in [-0.15, -0.1) is 0 Å². The molecule has 6 heteroatoms. The maximum absolute atomic E-state index is 13.0. The maximum atomic E-state index is 13.0. The van der Waals surface area contributed by atoms with Gasteiger partial charge in [0.15, 0.2) is 0 Å². The van der Waals surface area contributed by atoms with Crippen molar-refractivity contribution >= 4 is 17.5 Å². The smallest absolute Gasteiger partial charge is 0.253 e. The van der Waals surface area contributed by atoms with Crippen molar-refractivity contribution in [2.24, 2.45) is 0 Å². The van der Waals surface area contributed by atoms with Gasteiger partial charge in [0.25, 0.3) is 5.91 Å². The highest BCUT2D eigenvalue weighted by Gasteiger charge is 2.28. The minimum atomic E-state index is -0.468. The molecule has 0 aromatic heterocycles. The zero-order valence-electron chi connectivity index (χ0n) is 11.2. The van der Waals surface area contributed by atoms with Gasteiger partial charge in [0, 0.05) is 13.2 Å². The van der Waals surface area contributed by atoms with E-state index in [2.05, 4.69) is 5.32 Å². The number of ether oxygens (including phenoxy) is 2. The largest absolute Gasteiger partial charge is 0.379 e. The number of amides is 1. The Balaban J connectivity index is 2.05. The lowest BCUT2D eigenvalue weighted by atomic mass is 10.1. The van der Waals surface area contributed by atoms with E-state index in [9.17, 15) is 9.18 Å². The molecular formula is C14H17ClFNO3. The minimum absolute atomic E-state index is 0.0996. The summed E-state index contributed by atoms with van der Waals surface area (Å²) in [6.45, 7) is 3.48. The molecule has 1 aliphatic heterocycles. The summed E-state index contributed by atoms with van der Waals surface area (Å²) in [5.41, 5.74) is 0.259. The lowest BCUT2D eigenvalue weighted by Gasteiger charge is -2.31. The lowest BCUT2D eigenvalue weighted by molar-refractivity contribution is -0.0632. The van der Waals surface area contributed by atoms with Crippen LogP contribution in [-0.2, 0) is 9.47 Å². The number of carbonyl (C=O) groups excluding carboxylic acids is 1. The Morgan fingerprint density at radius 1 is 1.60 bits per heavy atom. The Morgan fingerprint density at radius 3 is 3.10 bits per heavy atom. The molecule has 0 saturated carbocycles. The van der Waals surface area contributed by atoms with Crippen LogP contribution in [0.2, 0.25) is 5.02 Å². The highest BCUT2D eigenvalue weighted by molar-refractivity contribution is 6.33. The van der Waals surface area contributed by atoms with Crippen molar-refractivity contribution in [1.29, 1.82) is 0 Å². The molecule has 0 radical (unpaired) electrons. The number of hydrogen-bond acceptors (Lipinski definition) is 3. The summed E-state index contributed by atoms with van der Waals surface area (Å²) in [5.74, 6) is -0.795. The number of carbonyl (C=O) groups is 1. The van der Waals surface area contributed by atoms with Crippen molar-refractivity contribution < 1.29 is 18.7 Å². The summed E-state index contributed by atoms with van der Waals surface area (Å²) in [7, 11) is 0. The average molecular weight is 302 g/mol. The first kappa shape index (κ1) is 15.2. The van der Waals surface area contributed by atoms with Crippen LogP contribution in [0, 0.1) is 5.82 Å². The fraction of sp³-hybridized carbons (Fsp3) is 0.500. The van der Waals surface area contributed by atoms with E-state index in [4.69, 9.17) is 21.1 Å². The summed E-state index contributed by atoms with van der Waals surface area (Å²) < 4.78 is 23.9. The first-order valence-electron chi connectivity index (χ1n) is 6.57. The molecule has 1 heterocycles. The summed E-state index contributed by atoms with van der Waals surface area (Å²) in [5, 5.41) is 2.98. The Morgan fingerprint density at radius 2 is 2.40 bits per heavy atom. The Bertz CT molecular complexity index is 481. The molecule has 1 amide bonds. The van der Waals surface area contributed by atoms with Crippen molar-refractivity contribution in [2.75, 3.05) is 19.8 Å². The quantitative estimate of drug-likeness (QED) is 0.929. The third-order valence-corrected chi connectivity index (χ3v) is 3.49. The fourth-order valence-corrected chi connectivity index (χ4v) is 2.43. The minimum Gasteiger partial charge on any atom is -0.379 e. The van der Waals surface area contributed by atoms with E-state index in [1.165, 1.54) is 12.1 Å². The van der Waals surface area contributed by atoms with Crippen LogP contribution in [0.4, 0.5) is 4.39 Å². The van der Waals surface area contributed by atoms with Gasteiger partial charge >= 0.3 is 0 Å². The summed E-state index contributed by atoms with van der Waals surface area (Å²) in [6.07, 6.45) is 0.506. The Labute approximate surface area is 122 Å². The zero-order valence-corrected chi connectivity index (χ0v) is 12.0. The van der Waals surface area contributed by atoms with Crippen molar-refractivity contribution in [3.8, 4) is 0 Å². The van der Waals surface area contributed by atoms with Crippen LogP contribution >= 0.6 is 11.6 Å². The molecule has 2 rings (SSSR count). The summed E-state index contributed by atoms with van der Waals surface area (Å²) in [4.78, 5) is 12.2. The highest BCUT2D eigenvalue weighted by Crippen LogP contribution is 2.18. The van der Waals surface area contributed by atoms with Crippen LogP contribution in [0.5, 0.6) is 0 Å². The molecule has 1 saturated heterocycles. The number of halogens is 2. The molecule has 1 fully saturated rings. The van der Waals surface area contributed by atoms with Gasteiger partial charge < -0.3 is 14.8 Å². The van der Waals surface area contributed by atoms with Gasteiger partial charge in [-0.05, 0) is 31.5 Å². The first-order chi connectivity index (χ1) is 9.61. The van der Waals surface area contributed by atoms with Crippen molar-refractivity contribution in [3.05, 3.63) is 34.6 Å². The van der Waals surface area contributed by atoms with Gasteiger partial charge in [-0.2, -0.15) is 0 Å². The Hall–Kier alpha value is -1.17. The predicted molar refractivity (Wildman–Crippen MR) is 73.5 cm³/mol. The van der Waals surface area contributed by atoms with Gasteiger partial charge in [-0.25, -0.2) is 4.39 Å². The third-order valence-electron chi connectivity index (χ3n) is 3.18. The molecule has 2 atom stereocenters. The molecule has 1 aromatic carbocycles. The molecule has 4 nitrogen and oxygen atoms in total. The second-order valence-corrected chi connectivity index (χ2v) is 4.97. The van der Waals surface area contributed by atoms with Crippen LogP contribution in [0.1, 0.15) is 23.7 Å². The van der Waals surface area contributed by atoms with Crippen LogP contribution < -0.4 is 5.32 Å². The van der Waals surface area contributed by atoms with Crippen molar-refractivity contribution in [1.82, 2.24) is 5.32 Å². The van der Waals surface area contributed by atoms with Gasteiger partial charge in [-0.3, -0.25) is 4.79 Å². The SMILES string of the molecule is CCO[C@@H]1COCC[C@H]1NC(=O)c1ccc(F)cc1Cl. The van der Waals surface area contributed by atoms with E-state index < -0.39 is 5.82 Å². The van der Waals surface area contributed by atoms with Gasteiger partial charge in [-0.1, -0.05) is 11.6 Å². The van der Waals surface area contributed by atoms with E-state index >= 15 is 0 Å². The number of rotatable bonds is 4. The van der Waals surface area contributed by atoms with E-state index in [0.717, 1.165) is 6.07 Å². The van der Waals surface area contributed by atoms with E-state index in [0.29, 0.717) is 26.2 Å². The molecule has 1 aromatic rings. The second kappa shape index (κ2) is 7.02. The van der Waals surface area contributed by atoms with Gasteiger partial charge in [0.1, 0.15) is 11.9 Å². The molecule has 1 N–H and O–H groups in total. The fourth-order valence-electron chi connectivity index (χ4n) is 2.18. The lowest BCUT2D eigenvalue weighted by Crippen LogP contribution is -2.50. The van der Waals surface area contributed by atoms with Crippen molar-refractivity contribution in [3.63, 3.8) is 0 Å². The van der Waals surface area contributed by atoms with E-state index in [1.54, 1.807) is 0 Å². The van der Waals surface area contributed by atoms with Crippen LogP contribution in [0.25, 0.3) is 0 Å². The van der Waals surface area contributed by atoms with Crippen LogP contribution in [0.3, 0.4) is 0 Å². The normalized spacial score (nSPS) is 22.6. The van der Waals surface area contributed by atoms with Crippen LogP contribution in [0.15, 0.2) is 18.2 Å². The number of hydrogen-bond donors (Lipinski definition) is 1. The second-order valence-electron chi connectivity index (χ2n) is 4.56. The van der Waals surface area contributed by atoms with Gasteiger partial charge in [0.2, 0.25) is 0 Å². The molecule has 20 heavy (non-hydrogen) atoms. The standard InChI is InChI=1S/C14H17ClFNO3/c1-2-20-13-8-19-6-5-12(13)17-14(18)10-4-3-9(16)7-11(10)15/h3-4,7,12-13H,2,5-6,8H2,1H3,(H,17,18)/t12-,13-/m1/s1. The van der Waals surface area contributed by atoms with E-state index in [-0.39, 0.29) is 28.6 Å². The molecule has 0 aliphatic carbocycles. The summed E-state index contributed by atoms with van der Waals surface area (Å²) >= 11 is 5.88. The molecule has 0 bridgehead atoms. The molecular weight excluding hydrogens is 285 g/mol. The first-order valence-corrected chi connectivity index (χ1v) is 6.95.